The van der Waals surface area contributed by atoms with E-state index in [9.17, 15) is 23.5 Å². The lowest BCUT2D eigenvalue weighted by atomic mass is 10.1. The fraction of sp³-hybridized carbons (Fsp3) is 0.517. The van der Waals surface area contributed by atoms with E-state index in [0.717, 1.165) is 58.9 Å². The van der Waals surface area contributed by atoms with Gasteiger partial charge in [-0.15, -0.1) is 0 Å². The molecule has 0 aliphatic heterocycles. The molecule has 2 aromatic carbocycles. The van der Waals surface area contributed by atoms with Gasteiger partial charge in [-0.2, -0.15) is 0 Å². The van der Waals surface area contributed by atoms with E-state index in [2.05, 4.69) is 15.6 Å². The second kappa shape index (κ2) is 14.5. The zero-order chi connectivity index (χ0) is 27.6. The number of carbonyl (C=O) groups is 1. The van der Waals surface area contributed by atoms with Gasteiger partial charge in [0.2, 0.25) is 5.91 Å². The topological polar surface area (TPSA) is 97.5 Å². The molecule has 0 spiro atoms. The average Bonchev–Trinajstić information content (AvgIpc) is 3.13. The summed E-state index contributed by atoms with van der Waals surface area (Å²) in [6.45, 7) is 3.14. The predicted octanol–water partition coefficient (Wildman–Crippen LogP) is 4.48. The van der Waals surface area contributed by atoms with Crippen molar-refractivity contribution in [2.24, 2.45) is 0 Å². The van der Waals surface area contributed by atoms with Crippen molar-refractivity contribution in [3.8, 4) is 5.75 Å². The first-order valence-corrected chi connectivity index (χ1v) is 14.7. The molecule has 4 N–H and O–H groups in total. The van der Waals surface area contributed by atoms with E-state index < -0.39 is 11.6 Å². The monoisotopic (exact) mass is 560 g/mol. The number of carbonyl (C=O) groups excluding carboxylic acids is 1. The lowest BCUT2D eigenvalue weighted by Gasteiger charge is -2.32. The molecule has 10 heteroatoms. The third-order valence-corrected chi connectivity index (χ3v) is 8.37. The van der Waals surface area contributed by atoms with Crippen molar-refractivity contribution >= 4 is 27.5 Å². The zero-order valence-electron chi connectivity index (χ0n) is 22.2. The molecule has 1 fully saturated rings. The van der Waals surface area contributed by atoms with Crippen molar-refractivity contribution in [2.75, 3.05) is 32.7 Å². The molecule has 1 heterocycles. The molecule has 4 rings (SSSR count). The van der Waals surface area contributed by atoms with Crippen LogP contribution < -0.4 is 15.5 Å². The first-order valence-electron chi connectivity index (χ1n) is 13.9. The summed E-state index contributed by atoms with van der Waals surface area (Å²) in [5.74, 6) is -1.46. The zero-order valence-corrected chi connectivity index (χ0v) is 23.1. The number of nitrogens with zero attached hydrogens (tertiary/aromatic N) is 1. The molecule has 0 saturated heterocycles. The largest absolute Gasteiger partial charge is 0.506 e. The minimum Gasteiger partial charge on any atom is -0.506 e. The Labute approximate surface area is 231 Å². The Morgan fingerprint density at radius 3 is 2.49 bits per heavy atom. The van der Waals surface area contributed by atoms with Gasteiger partial charge in [0.25, 0.3) is 0 Å². The molecule has 7 nitrogen and oxygen atoms in total. The van der Waals surface area contributed by atoms with Crippen LogP contribution in [0.15, 0.2) is 35.1 Å². The molecule has 39 heavy (non-hydrogen) atoms. The van der Waals surface area contributed by atoms with Crippen LogP contribution in [0.5, 0.6) is 5.75 Å². The van der Waals surface area contributed by atoms with Crippen LogP contribution in [0, 0.1) is 11.6 Å². The van der Waals surface area contributed by atoms with Crippen LogP contribution in [0.3, 0.4) is 0 Å². The van der Waals surface area contributed by atoms with Gasteiger partial charge in [-0.1, -0.05) is 49.2 Å². The number of fused-ring (bicyclic) bond motifs is 1. The van der Waals surface area contributed by atoms with Crippen LogP contribution in [0.2, 0.25) is 0 Å². The van der Waals surface area contributed by atoms with E-state index in [1.807, 2.05) is 11.0 Å². The maximum Gasteiger partial charge on any atom is 0.305 e. The molecule has 1 saturated carbocycles. The summed E-state index contributed by atoms with van der Waals surface area (Å²) in [6.07, 6.45) is 8.46. The summed E-state index contributed by atoms with van der Waals surface area (Å²) in [5.41, 5.74) is 2.22. The Hall–Kier alpha value is -2.82. The molecule has 0 atom stereocenters. The molecule has 0 bridgehead atoms. The highest BCUT2D eigenvalue weighted by Crippen LogP contribution is 2.28. The van der Waals surface area contributed by atoms with Gasteiger partial charge in [-0.25, -0.2) is 8.78 Å². The van der Waals surface area contributed by atoms with Gasteiger partial charge in [0.15, 0.2) is 11.6 Å². The summed E-state index contributed by atoms with van der Waals surface area (Å²) in [7, 11) is 0. The van der Waals surface area contributed by atoms with E-state index in [1.54, 1.807) is 12.1 Å². The highest BCUT2D eigenvalue weighted by molar-refractivity contribution is 7.16. The van der Waals surface area contributed by atoms with Crippen LogP contribution in [0.4, 0.5) is 8.78 Å². The summed E-state index contributed by atoms with van der Waals surface area (Å²) in [4.78, 5) is 29.6. The van der Waals surface area contributed by atoms with Crippen LogP contribution in [0.1, 0.15) is 56.1 Å². The minimum absolute atomic E-state index is 0.0801. The van der Waals surface area contributed by atoms with Crippen LogP contribution in [-0.4, -0.2) is 59.7 Å². The number of H-pyrrole nitrogens is 1. The number of nitrogens with one attached hydrogen (secondary N) is 3. The molecule has 0 unspecified atom stereocenters. The van der Waals surface area contributed by atoms with Crippen molar-refractivity contribution in [1.29, 1.82) is 0 Å². The van der Waals surface area contributed by atoms with Crippen molar-refractivity contribution in [3.05, 3.63) is 62.8 Å². The second-order valence-corrected chi connectivity index (χ2v) is 11.2. The highest BCUT2D eigenvalue weighted by atomic mass is 32.1. The lowest BCUT2D eigenvalue weighted by Crippen LogP contribution is -2.45. The number of hydrogen-bond acceptors (Lipinski definition) is 6. The van der Waals surface area contributed by atoms with Gasteiger partial charge >= 0.3 is 4.87 Å². The predicted molar refractivity (Wildman–Crippen MR) is 151 cm³/mol. The van der Waals surface area contributed by atoms with Crippen molar-refractivity contribution < 1.29 is 18.7 Å². The Morgan fingerprint density at radius 2 is 1.72 bits per heavy atom. The van der Waals surface area contributed by atoms with Gasteiger partial charge in [0, 0.05) is 32.1 Å². The number of benzene rings is 2. The molecule has 1 aromatic heterocycles. The average molecular weight is 561 g/mol. The first-order chi connectivity index (χ1) is 18.9. The summed E-state index contributed by atoms with van der Waals surface area (Å²) in [5, 5.41) is 16.7. The Balaban J connectivity index is 1.24. The third-order valence-electron chi connectivity index (χ3n) is 7.42. The highest BCUT2D eigenvalue weighted by Gasteiger charge is 2.24. The van der Waals surface area contributed by atoms with Gasteiger partial charge in [0.1, 0.15) is 11.3 Å². The van der Waals surface area contributed by atoms with Crippen LogP contribution >= 0.6 is 11.3 Å². The van der Waals surface area contributed by atoms with Crippen LogP contribution in [-0.2, 0) is 17.6 Å². The number of amides is 1. The van der Waals surface area contributed by atoms with Crippen LogP contribution in [0.25, 0.3) is 10.2 Å². The third kappa shape index (κ3) is 8.33. The molecular weight excluding hydrogens is 522 g/mol. The van der Waals surface area contributed by atoms with E-state index >= 15 is 0 Å². The SMILES string of the molecule is O=C(CCNCCc1ccc(F)c(F)c1)N(CCNCCc1ccc(O)c2[nH]c(=O)sc12)C1CCCCCC1. The lowest BCUT2D eigenvalue weighted by molar-refractivity contribution is -0.133. The van der Waals surface area contributed by atoms with E-state index in [-0.39, 0.29) is 22.6 Å². The molecular formula is C29H38F2N4O3S. The van der Waals surface area contributed by atoms with E-state index in [1.165, 1.54) is 18.9 Å². The summed E-state index contributed by atoms with van der Waals surface area (Å²) in [6, 6.07) is 7.66. The molecule has 1 aliphatic rings. The number of halogens is 2. The van der Waals surface area contributed by atoms with Crippen molar-refractivity contribution in [2.45, 2.75) is 63.8 Å². The fourth-order valence-electron chi connectivity index (χ4n) is 5.29. The quantitative estimate of drug-likeness (QED) is 0.183. The first kappa shape index (κ1) is 29.2. The van der Waals surface area contributed by atoms with Gasteiger partial charge < -0.3 is 25.6 Å². The second-order valence-electron chi connectivity index (χ2n) is 10.2. The number of phenolic OH excluding ortho intramolecular Hbond substituents is 1. The number of phenols is 1. The van der Waals surface area contributed by atoms with Crippen molar-refractivity contribution in [1.82, 2.24) is 20.5 Å². The smallest absolute Gasteiger partial charge is 0.305 e. The van der Waals surface area contributed by atoms with Gasteiger partial charge in [0.05, 0.1) is 4.70 Å². The normalized spacial score (nSPS) is 14.5. The van der Waals surface area contributed by atoms with E-state index in [4.69, 9.17) is 0 Å². The number of aromatic nitrogens is 1. The standard InChI is InChI=1S/C29H38F2N4O3S/c30-23-9-7-20(19-24(23)31)11-14-32-16-13-26(37)35(22-5-3-1-2-4-6-22)18-17-33-15-12-21-8-10-25(36)27-28(21)39-29(38)34-27/h7-10,19,22,32-33,36H,1-6,11-18H2,(H,34,38). The molecule has 1 amide bonds. The number of hydrogen-bond donors (Lipinski definition) is 4. The minimum atomic E-state index is -0.845. The summed E-state index contributed by atoms with van der Waals surface area (Å²) >= 11 is 1.11. The molecule has 1 aliphatic carbocycles. The Kier molecular flexibility index (Phi) is 10.9. The number of thiazole rings is 1. The van der Waals surface area contributed by atoms with Gasteiger partial charge in [-0.3, -0.25) is 9.59 Å². The maximum atomic E-state index is 13.4. The number of rotatable bonds is 13. The maximum absolute atomic E-state index is 13.4. The molecule has 212 valence electrons. The fourth-order valence-corrected chi connectivity index (χ4v) is 6.19. The molecule has 3 aromatic rings. The Morgan fingerprint density at radius 1 is 0.974 bits per heavy atom. The molecule has 0 radical (unpaired) electrons. The summed E-state index contributed by atoms with van der Waals surface area (Å²) < 4.78 is 27.3. The number of aromatic hydroxyl groups is 1. The van der Waals surface area contributed by atoms with Crippen molar-refractivity contribution in [3.63, 3.8) is 0 Å². The van der Waals surface area contributed by atoms with E-state index in [0.29, 0.717) is 57.5 Å². The number of aromatic amines is 1. The Bertz CT molecular complexity index is 1290. The van der Waals surface area contributed by atoms with Gasteiger partial charge in [-0.05, 0) is 68.1 Å².